The molecule has 3 aromatic rings. The standard InChI is InChI=1S/C28H32N2O6S2/c1-35-24-13-15-25(16-14-24)38(33,34)30(20-27(31)29-19-22-9-5-3-6-10-22)26(28(32)36-2)17-18-37-21-23-11-7-4-8-12-23/h3-16,26H,17-21H2,1-2H3,(H,29,31). The molecule has 0 saturated heterocycles. The van der Waals surface area contributed by atoms with Gasteiger partial charge in [0.25, 0.3) is 0 Å². The number of sulfonamides is 1. The van der Waals surface area contributed by atoms with E-state index in [-0.39, 0.29) is 17.9 Å². The summed E-state index contributed by atoms with van der Waals surface area (Å²) in [6.07, 6.45) is 0.172. The molecule has 202 valence electrons. The third-order valence-corrected chi connectivity index (χ3v) is 8.70. The van der Waals surface area contributed by atoms with Crippen molar-refractivity contribution in [3.63, 3.8) is 0 Å². The molecule has 38 heavy (non-hydrogen) atoms. The average Bonchev–Trinajstić information content (AvgIpc) is 2.96. The second-order valence-electron chi connectivity index (χ2n) is 8.35. The van der Waals surface area contributed by atoms with E-state index in [2.05, 4.69) is 5.32 Å². The summed E-state index contributed by atoms with van der Waals surface area (Å²) in [5, 5.41) is 2.75. The van der Waals surface area contributed by atoms with Gasteiger partial charge in [-0.25, -0.2) is 8.42 Å². The van der Waals surface area contributed by atoms with Crippen LogP contribution in [0.2, 0.25) is 0 Å². The third kappa shape index (κ3) is 8.34. The smallest absolute Gasteiger partial charge is 0.324 e. The van der Waals surface area contributed by atoms with Crippen LogP contribution >= 0.6 is 11.8 Å². The number of thioether (sulfide) groups is 1. The van der Waals surface area contributed by atoms with Gasteiger partial charge in [-0.15, -0.1) is 0 Å². The Kier molecular flexibility index (Phi) is 11.2. The van der Waals surface area contributed by atoms with Crippen LogP contribution in [0, 0.1) is 0 Å². The summed E-state index contributed by atoms with van der Waals surface area (Å²) in [6, 6.07) is 23.7. The minimum absolute atomic E-state index is 0.0556. The Morgan fingerprint density at radius 3 is 2.08 bits per heavy atom. The first-order valence-corrected chi connectivity index (χ1v) is 14.6. The van der Waals surface area contributed by atoms with Crippen LogP contribution in [0.5, 0.6) is 5.75 Å². The fourth-order valence-electron chi connectivity index (χ4n) is 3.71. The second-order valence-corrected chi connectivity index (χ2v) is 11.3. The number of nitrogens with one attached hydrogen (secondary N) is 1. The van der Waals surface area contributed by atoms with Crippen molar-refractivity contribution in [3.8, 4) is 5.75 Å². The molecular formula is C28H32N2O6S2. The lowest BCUT2D eigenvalue weighted by Gasteiger charge is -2.28. The van der Waals surface area contributed by atoms with Gasteiger partial charge >= 0.3 is 5.97 Å². The highest BCUT2D eigenvalue weighted by Crippen LogP contribution is 2.24. The molecule has 1 atom stereocenters. The van der Waals surface area contributed by atoms with Crippen LogP contribution in [-0.2, 0) is 36.6 Å². The summed E-state index contributed by atoms with van der Waals surface area (Å²) in [7, 11) is -1.55. The zero-order valence-corrected chi connectivity index (χ0v) is 23.0. The highest BCUT2D eigenvalue weighted by atomic mass is 32.2. The van der Waals surface area contributed by atoms with Gasteiger partial charge in [0.15, 0.2) is 0 Å². The molecule has 3 aromatic carbocycles. The van der Waals surface area contributed by atoms with E-state index in [1.165, 1.54) is 38.5 Å². The molecule has 3 rings (SSSR count). The molecule has 0 aliphatic carbocycles. The predicted octanol–water partition coefficient (Wildman–Crippen LogP) is 3.87. The van der Waals surface area contributed by atoms with Gasteiger partial charge in [-0.3, -0.25) is 9.59 Å². The van der Waals surface area contributed by atoms with Crippen molar-refractivity contribution in [2.75, 3.05) is 26.5 Å². The monoisotopic (exact) mass is 556 g/mol. The number of benzene rings is 3. The maximum atomic E-state index is 13.7. The maximum absolute atomic E-state index is 13.7. The van der Waals surface area contributed by atoms with Crippen LogP contribution in [0.4, 0.5) is 0 Å². The number of methoxy groups -OCH3 is 2. The molecule has 10 heteroatoms. The Morgan fingerprint density at radius 1 is 0.895 bits per heavy atom. The highest BCUT2D eigenvalue weighted by molar-refractivity contribution is 7.98. The summed E-state index contributed by atoms with van der Waals surface area (Å²) >= 11 is 1.57. The number of carbonyl (C=O) groups is 2. The van der Waals surface area contributed by atoms with Gasteiger partial charge < -0.3 is 14.8 Å². The summed E-state index contributed by atoms with van der Waals surface area (Å²) in [6.45, 7) is -0.309. The van der Waals surface area contributed by atoms with E-state index in [9.17, 15) is 18.0 Å². The number of ether oxygens (including phenoxy) is 2. The lowest BCUT2D eigenvalue weighted by Crippen LogP contribution is -2.50. The van der Waals surface area contributed by atoms with Crippen LogP contribution in [-0.4, -0.2) is 57.2 Å². The van der Waals surface area contributed by atoms with E-state index in [0.717, 1.165) is 15.4 Å². The Morgan fingerprint density at radius 2 is 1.50 bits per heavy atom. The summed E-state index contributed by atoms with van der Waals surface area (Å²) in [5.74, 6) is 0.417. The average molecular weight is 557 g/mol. The SMILES string of the molecule is COC(=O)C(CCSCc1ccccc1)N(CC(=O)NCc1ccccc1)S(=O)(=O)c1ccc(OC)cc1. The van der Waals surface area contributed by atoms with Crippen molar-refractivity contribution in [1.82, 2.24) is 9.62 Å². The first kappa shape index (κ1) is 29.2. The van der Waals surface area contributed by atoms with E-state index < -0.39 is 34.5 Å². The van der Waals surface area contributed by atoms with Crippen LogP contribution < -0.4 is 10.1 Å². The van der Waals surface area contributed by atoms with Crippen molar-refractivity contribution in [2.45, 2.75) is 29.7 Å². The normalized spacial score (nSPS) is 12.1. The van der Waals surface area contributed by atoms with Gasteiger partial charge in [0.1, 0.15) is 11.8 Å². The molecule has 0 heterocycles. The number of nitrogens with zero attached hydrogens (tertiary/aromatic N) is 1. The molecular weight excluding hydrogens is 524 g/mol. The molecule has 0 fully saturated rings. The third-order valence-electron chi connectivity index (χ3n) is 5.77. The fraction of sp³-hybridized carbons (Fsp3) is 0.286. The molecule has 8 nitrogen and oxygen atoms in total. The van der Waals surface area contributed by atoms with Crippen LogP contribution in [0.15, 0.2) is 89.8 Å². The van der Waals surface area contributed by atoms with Gasteiger partial charge in [-0.1, -0.05) is 60.7 Å². The van der Waals surface area contributed by atoms with E-state index in [1.807, 2.05) is 60.7 Å². The Bertz CT molecular complexity index is 1270. The van der Waals surface area contributed by atoms with Gasteiger partial charge in [0.05, 0.1) is 25.7 Å². The molecule has 1 N–H and O–H groups in total. The summed E-state index contributed by atoms with van der Waals surface area (Å²) < 4.78 is 38.5. The number of amides is 1. The van der Waals surface area contributed by atoms with Crippen molar-refractivity contribution < 1.29 is 27.5 Å². The Hall–Kier alpha value is -3.34. The van der Waals surface area contributed by atoms with Crippen LogP contribution in [0.1, 0.15) is 17.5 Å². The highest BCUT2D eigenvalue weighted by Gasteiger charge is 2.38. The number of esters is 1. The van der Waals surface area contributed by atoms with E-state index in [4.69, 9.17) is 9.47 Å². The molecule has 0 aliphatic heterocycles. The molecule has 0 bridgehead atoms. The predicted molar refractivity (Wildman–Crippen MR) is 148 cm³/mol. The van der Waals surface area contributed by atoms with Crippen molar-refractivity contribution >= 4 is 33.7 Å². The van der Waals surface area contributed by atoms with Gasteiger partial charge in [-0.05, 0) is 47.6 Å². The van der Waals surface area contributed by atoms with E-state index in [0.29, 0.717) is 17.3 Å². The topological polar surface area (TPSA) is 102 Å². The molecule has 0 saturated carbocycles. The van der Waals surface area contributed by atoms with E-state index in [1.54, 1.807) is 11.8 Å². The minimum Gasteiger partial charge on any atom is -0.497 e. The number of hydrogen-bond donors (Lipinski definition) is 1. The molecule has 0 aromatic heterocycles. The number of hydrogen-bond acceptors (Lipinski definition) is 7. The largest absolute Gasteiger partial charge is 0.497 e. The maximum Gasteiger partial charge on any atom is 0.324 e. The van der Waals surface area contributed by atoms with Crippen molar-refractivity contribution in [2.24, 2.45) is 0 Å². The summed E-state index contributed by atoms with van der Waals surface area (Å²) in [5.41, 5.74) is 1.99. The van der Waals surface area contributed by atoms with E-state index >= 15 is 0 Å². The lowest BCUT2D eigenvalue weighted by molar-refractivity contribution is -0.145. The van der Waals surface area contributed by atoms with Crippen LogP contribution in [0.25, 0.3) is 0 Å². The Balaban J connectivity index is 1.82. The number of carbonyl (C=O) groups excluding carboxylic acids is 2. The zero-order valence-electron chi connectivity index (χ0n) is 21.4. The van der Waals surface area contributed by atoms with Crippen molar-refractivity contribution in [1.29, 1.82) is 0 Å². The minimum atomic E-state index is -4.24. The van der Waals surface area contributed by atoms with Gasteiger partial charge in [0.2, 0.25) is 15.9 Å². The summed E-state index contributed by atoms with van der Waals surface area (Å²) in [4.78, 5) is 25.8. The first-order valence-electron chi connectivity index (χ1n) is 12.0. The molecule has 1 unspecified atom stereocenters. The molecule has 0 radical (unpaired) electrons. The quantitative estimate of drug-likeness (QED) is 0.238. The molecule has 0 spiro atoms. The molecule has 0 aliphatic rings. The molecule has 1 amide bonds. The number of rotatable bonds is 14. The van der Waals surface area contributed by atoms with Crippen LogP contribution in [0.3, 0.4) is 0 Å². The fourth-order valence-corrected chi connectivity index (χ4v) is 6.24. The lowest BCUT2D eigenvalue weighted by atomic mass is 10.2. The van der Waals surface area contributed by atoms with Gasteiger partial charge in [-0.2, -0.15) is 16.1 Å². The first-order chi connectivity index (χ1) is 18.3. The second kappa shape index (κ2) is 14.6. The van der Waals surface area contributed by atoms with Gasteiger partial charge in [0, 0.05) is 12.3 Å². The zero-order chi connectivity index (χ0) is 27.4. The Labute approximate surface area is 228 Å². The van der Waals surface area contributed by atoms with Crippen molar-refractivity contribution in [3.05, 3.63) is 96.1 Å².